The average molecular weight is 394 g/mol. The van der Waals surface area contributed by atoms with Gasteiger partial charge in [0.2, 0.25) is 5.91 Å². The number of nitrogens with zero attached hydrogens (tertiary/aromatic N) is 1. The van der Waals surface area contributed by atoms with Gasteiger partial charge >= 0.3 is 6.61 Å². The van der Waals surface area contributed by atoms with Crippen LogP contribution in [0, 0.1) is 6.92 Å². The standard InChI is InChI=1S/C20H24F2N2O4/c1-13-5-7-16(26-3)15(9-13)23-19(25)12-24(2)11-14-6-8-17(28-20(21)22)18(10-14)27-4/h5-10,20H,11-12H2,1-4H3,(H,23,25). The van der Waals surface area contributed by atoms with Gasteiger partial charge in [0.25, 0.3) is 0 Å². The molecule has 2 rings (SSSR count). The number of rotatable bonds is 9. The van der Waals surface area contributed by atoms with E-state index in [2.05, 4.69) is 10.1 Å². The second-order valence-electron chi connectivity index (χ2n) is 6.29. The molecule has 0 fully saturated rings. The number of carbonyl (C=O) groups excluding carboxylic acids is 1. The summed E-state index contributed by atoms with van der Waals surface area (Å²) in [6, 6.07) is 10.2. The zero-order valence-corrected chi connectivity index (χ0v) is 16.3. The van der Waals surface area contributed by atoms with Crippen LogP contribution in [0.25, 0.3) is 0 Å². The molecule has 2 aromatic rings. The lowest BCUT2D eigenvalue weighted by atomic mass is 10.2. The summed E-state index contributed by atoms with van der Waals surface area (Å²) in [5.41, 5.74) is 2.40. The maximum atomic E-state index is 12.4. The fourth-order valence-electron chi connectivity index (χ4n) is 2.73. The van der Waals surface area contributed by atoms with Crippen molar-refractivity contribution in [2.24, 2.45) is 0 Å². The van der Waals surface area contributed by atoms with E-state index in [1.807, 2.05) is 19.1 Å². The number of amides is 1. The Balaban J connectivity index is 1.99. The van der Waals surface area contributed by atoms with Gasteiger partial charge in [0.05, 0.1) is 26.5 Å². The molecule has 0 aromatic heterocycles. The van der Waals surface area contributed by atoms with Crippen LogP contribution < -0.4 is 19.5 Å². The van der Waals surface area contributed by atoms with Crippen LogP contribution in [0.5, 0.6) is 17.2 Å². The molecule has 0 aliphatic heterocycles. The Morgan fingerprint density at radius 3 is 2.39 bits per heavy atom. The summed E-state index contributed by atoms with van der Waals surface area (Å²) in [6.07, 6.45) is 0. The number of benzene rings is 2. The van der Waals surface area contributed by atoms with Crippen molar-refractivity contribution in [1.82, 2.24) is 4.90 Å². The van der Waals surface area contributed by atoms with E-state index in [4.69, 9.17) is 9.47 Å². The Kier molecular flexibility index (Phi) is 7.57. The first-order chi connectivity index (χ1) is 13.3. The Morgan fingerprint density at radius 1 is 1.07 bits per heavy atom. The molecule has 2 aromatic carbocycles. The van der Waals surface area contributed by atoms with Crippen molar-refractivity contribution in [1.29, 1.82) is 0 Å². The molecule has 0 radical (unpaired) electrons. The lowest BCUT2D eigenvalue weighted by Crippen LogP contribution is -2.30. The number of halogens is 2. The first-order valence-corrected chi connectivity index (χ1v) is 8.57. The van der Waals surface area contributed by atoms with Crippen LogP contribution in [0.3, 0.4) is 0 Å². The van der Waals surface area contributed by atoms with Crippen molar-refractivity contribution in [3.05, 3.63) is 47.5 Å². The molecule has 152 valence electrons. The van der Waals surface area contributed by atoms with Gasteiger partial charge in [-0.25, -0.2) is 0 Å². The van der Waals surface area contributed by atoms with Gasteiger partial charge in [-0.2, -0.15) is 8.78 Å². The molecule has 1 N–H and O–H groups in total. The number of hydrogen-bond acceptors (Lipinski definition) is 5. The first kappa shape index (κ1) is 21.4. The third kappa shape index (κ3) is 6.09. The molecule has 0 spiro atoms. The lowest BCUT2D eigenvalue weighted by Gasteiger charge is -2.18. The second kappa shape index (κ2) is 9.89. The van der Waals surface area contributed by atoms with E-state index in [-0.39, 0.29) is 24.0 Å². The smallest absolute Gasteiger partial charge is 0.387 e. The predicted octanol–water partition coefficient (Wildman–Crippen LogP) is 3.68. The van der Waals surface area contributed by atoms with E-state index in [0.717, 1.165) is 11.1 Å². The average Bonchev–Trinajstić information content (AvgIpc) is 2.62. The van der Waals surface area contributed by atoms with Crippen LogP contribution in [-0.2, 0) is 11.3 Å². The van der Waals surface area contributed by atoms with Gasteiger partial charge in [-0.05, 0) is 49.4 Å². The largest absolute Gasteiger partial charge is 0.495 e. The van der Waals surface area contributed by atoms with E-state index in [1.165, 1.54) is 13.2 Å². The van der Waals surface area contributed by atoms with Gasteiger partial charge in [0, 0.05) is 6.54 Å². The molecule has 0 bridgehead atoms. The SMILES string of the molecule is COc1ccc(C)cc1NC(=O)CN(C)Cc1ccc(OC(F)F)c(OC)c1. The van der Waals surface area contributed by atoms with Crippen LogP contribution >= 0.6 is 0 Å². The highest BCUT2D eigenvalue weighted by atomic mass is 19.3. The van der Waals surface area contributed by atoms with E-state index in [0.29, 0.717) is 18.0 Å². The zero-order valence-electron chi connectivity index (χ0n) is 16.3. The first-order valence-electron chi connectivity index (χ1n) is 8.57. The second-order valence-corrected chi connectivity index (χ2v) is 6.29. The number of carbonyl (C=O) groups is 1. The number of hydrogen-bond donors (Lipinski definition) is 1. The number of methoxy groups -OCH3 is 2. The van der Waals surface area contributed by atoms with Crippen LogP contribution in [0.2, 0.25) is 0 Å². The molecule has 0 heterocycles. The molecule has 0 unspecified atom stereocenters. The molecule has 0 aliphatic rings. The summed E-state index contributed by atoms with van der Waals surface area (Å²) >= 11 is 0. The molecular formula is C20H24F2N2O4. The highest BCUT2D eigenvalue weighted by Gasteiger charge is 2.14. The van der Waals surface area contributed by atoms with Crippen molar-refractivity contribution >= 4 is 11.6 Å². The minimum absolute atomic E-state index is 0.0341. The summed E-state index contributed by atoms with van der Waals surface area (Å²) in [5, 5.41) is 2.84. The van der Waals surface area contributed by atoms with Crippen molar-refractivity contribution in [3.8, 4) is 17.2 Å². The molecule has 1 amide bonds. The molecule has 8 heteroatoms. The van der Waals surface area contributed by atoms with E-state index < -0.39 is 6.61 Å². The highest BCUT2D eigenvalue weighted by molar-refractivity contribution is 5.93. The summed E-state index contributed by atoms with van der Waals surface area (Å²) < 4.78 is 39.6. The summed E-state index contributed by atoms with van der Waals surface area (Å²) in [4.78, 5) is 14.1. The Hall–Kier alpha value is -2.87. The van der Waals surface area contributed by atoms with Gasteiger partial charge in [-0.15, -0.1) is 0 Å². The highest BCUT2D eigenvalue weighted by Crippen LogP contribution is 2.30. The topological polar surface area (TPSA) is 60.0 Å². The number of anilines is 1. The molecule has 6 nitrogen and oxygen atoms in total. The van der Waals surface area contributed by atoms with E-state index >= 15 is 0 Å². The monoisotopic (exact) mass is 394 g/mol. The minimum Gasteiger partial charge on any atom is -0.495 e. The molecule has 0 atom stereocenters. The van der Waals surface area contributed by atoms with Gasteiger partial charge in [-0.1, -0.05) is 12.1 Å². The maximum Gasteiger partial charge on any atom is 0.387 e. The third-order valence-corrected chi connectivity index (χ3v) is 3.94. The normalized spacial score (nSPS) is 10.9. The molecule has 28 heavy (non-hydrogen) atoms. The summed E-state index contributed by atoms with van der Waals surface area (Å²) in [7, 11) is 4.70. The molecular weight excluding hydrogens is 370 g/mol. The Bertz CT molecular complexity index is 815. The van der Waals surface area contributed by atoms with Crippen molar-refractivity contribution in [2.75, 3.05) is 33.1 Å². The molecule has 0 aliphatic carbocycles. The van der Waals surface area contributed by atoms with Crippen molar-refractivity contribution < 1.29 is 27.8 Å². The van der Waals surface area contributed by atoms with Gasteiger partial charge in [0.1, 0.15) is 5.75 Å². The van der Waals surface area contributed by atoms with Crippen LogP contribution in [0.1, 0.15) is 11.1 Å². The minimum atomic E-state index is -2.93. The number of likely N-dealkylation sites (N-methyl/N-ethyl adjacent to an activating group) is 1. The van der Waals surface area contributed by atoms with Crippen LogP contribution in [0.15, 0.2) is 36.4 Å². The van der Waals surface area contributed by atoms with E-state index in [9.17, 15) is 13.6 Å². The quantitative estimate of drug-likeness (QED) is 0.703. The van der Waals surface area contributed by atoms with Crippen molar-refractivity contribution in [2.45, 2.75) is 20.1 Å². The number of aryl methyl sites for hydroxylation is 1. The van der Waals surface area contributed by atoms with Gasteiger partial charge in [-0.3, -0.25) is 9.69 Å². The van der Waals surface area contributed by atoms with Crippen molar-refractivity contribution in [3.63, 3.8) is 0 Å². The lowest BCUT2D eigenvalue weighted by molar-refractivity contribution is -0.117. The fourth-order valence-corrected chi connectivity index (χ4v) is 2.73. The number of alkyl halides is 2. The summed E-state index contributed by atoms with van der Waals surface area (Å²) in [6.45, 7) is -0.446. The van der Waals surface area contributed by atoms with Gasteiger partial charge in [0.15, 0.2) is 11.5 Å². The predicted molar refractivity (Wildman–Crippen MR) is 102 cm³/mol. The molecule has 0 saturated heterocycles. The summed E-state index contributed by atoms with van der Waals surface area (Å²) in [5.74, 6) is 0.560. The number of nitrogens with one attached hydrogen (secondary N) is 1. The third-order valence-electron chi connectivity index (χ3n) is 3.94. The van der Waals surface area contributed by atoms with Crippen LogP contribution in [0.4, 0.5) is 14.5 Å². The Labute approximate surface area is 163 Å². The maximum absolute atomic E-state index is 12.4. The van der Waals surface area contributed by atoms with Crippen LogP contribution in [-0.4, -0.2) is 45.2 Å². The van der Waals surface area contributed by atoms with Gasteiger partial charge < -0.3 is 19.5 Å². The zero-order chi connectivity index (χ0) is 20.7. The fraction of sp³-hybridized carbons (Fsp3) is 0.350. The molecule has 0 saturated carbocycles. The van der Waals surface area contributed by atoms with E-state index in [1.54, 1.807) is 37.3 Å². The Morgan fingerprint density at radius 2 is 1.75 bits per heavy atom. The number of ether oxygens (including phenoxy) is 3.